The van der Waals surface area contributed by atoms with Crippen molar-refractivity contribution in [3.63, 3.8) is 0 Å². The molecule has 25 heavy (non-hydrogen) atoms. The molecule has 0 spiro atoms. The summed E-state index contributed by atoms with van der Waals surface area (Å²) in [6.45, 7) is 4.47. The van der Waals surface area contributed by atoms with E-state index in [9.17, 15) is 9.59 Å². The maximum absolute atomic E-state index is 12.6. The first-order valence-corrected chi connectivity index (χ1v) is 8.46. The zero-order valence-electron chi connectivity index (χ0n) is 14.3. The van der Waals surface area contributed by atoms with Gasteiger partial charge in [-0.2, -0.15) is 0 Å². The fourth-order valence-electron chi connectivity index (χ4n) is 3.75. The maximum Gasteiger partial charge on any atom is 0.415 e. The molecule has 1 N–H and O–H groups in total. The lowest BCUT2D eigenvalue weighted by Crippen LogP contribution is -2.35. The molecule has 1 atom stereocenters. The summed E-state index contributed by atoms with van der Waals surface area (Å²) in [6.07, 6.45) is 0.399. The van der Waals surface area contributed by atoms with Crippen molar-refractivity contribution in [2.24, 2.45) is 0 Å². The van der Waals surface area contributed by atoms with Crippen LogP contribution in [0.4, 0.5) is 10.5 Å². The van der Waals surface area contributed by atoms with E-state index in [1.165, 1.54) is 0 Å². The fourth-order valence-corrected chi connectivity index (χ4v) is 3.75. The van der Waals surface area contributed by atoms with E-state index < -0.39 is 5.60 Å². The van der Waals surface area contributed by atoms with Gasteiger partial charge in [0.2, 0.25) is 0 Å². The molecule has 1 unspecified atom stereocenters. The Morgan fingerprint density at radius 3 is 2.64 bits per heavy atom. The van der Waals surface area contributed by atoms with E-state index >= 15 is 0 Å². The minimum atomic E-state index is -0.647. The highest BCUT2D eigenvalue weighted by Gasteiger charge is 2.49. The molecule has 0 aliphatic carbocycles. The summed E-state index contributed by atoms with van der Waals surface area (Å²) in [4.78, 5) is 26.3. The van der Waals surface area contributed by atoms with Gasteiger partial charge in [-0.05, 0) is 49.6 Å². The molecule has 1 fully saturated rings. The zero-order valence-corrected chi connectivity index (χ0v) is 14.3. The Kier molecular flexibility index (Phi) is 3.53. The van der Waals surface area contributed by atoms with Crippen LogP contribution in [0.25, 0.3) is 0 Å². The van der Waals surface area contributed by atoms with Crippen LogP contribution >= 0.6 is 0 Å². The van der Waals surface area contributed by atoms with E-state index in [1.54, 1.807) is 11.0 Å². The average Bonchev–Trinajstić information content (AvgIpc) is 2.84. The van der Waals surface area contributed by atoms with Crippen molar-refractivity contribution in [1.29, 1.82) is 0 Å². The third-order valence-corrected chi connectivity index (χ3v) is 4.87. The number of cyclic esters (lactones) is 1. The summed E-state index contributed by atoms with van der Waals surface area (Å²) in [5.74, 6) is -0.0586. The van der Waals surface area contributed by atoms with Crippen molar-refractivity contribution in [3.05, 3.63) is 65.2 Å². The lowest BCUT2D eigenvalue weighted by atomic mass is 9.91. The van der Waals surface area contributed by atoms with Gasteiger partial charge in [-0.1, -0.05) is 30.3 Å². The number of hydrogen-bond acceptors (Lipinski definition) is 3. The fraction of sp³-hybridized carbons (Fsp3) is 0.300. The highest BCUT2D eigenvalue weighted by molar-refractivity contribution is 5.98. The van der Waals surface area contributed by atoms with Crippen LogP contribution in [0, 0.1) is 0 Å². The number of ether oxygens (including phenoxy) is 1. The van der Waals surface area contributed by atoms with Gasteiger partial charge in [0, 0.05) is 17.8 Å². The van der Waals surface area contributed by atoms with Crippen LogP contribution in [0.5, 0.6) is 0 Å². The summed E-state index contributed by atoms with van der Waals surface area (Å²) >= 11 is 0. The van der Waals surface area contributed by atoms with Gasteiger partial charge in [-0.15, -0.1) is 0 Å². The van der Waals surface area contributed by atoms with E-state index in [1.807, 2.05) is 56.3 Å². The Morgan fingerprint density at radius 1 is 1.12 bits per heavy atom. The van der Waals surface area contributed by atoms with Crippen LogP contribution in [0.2, 0.25) is 0 Å². The molecule has 0 bridgehead atoms. The quantitative estimate of drug-likeness (QED) is 0.914. The van der Waals surface area contributed by atoms with Gasteiger partial charge < -0.3 is 10.1 Å². The number of carbonyl (C=O) groups excluding carboxylic acids is 2. The van der Waals surface area contributed by atoms with Gasteiger partial charge in [-0.3, -0.25) is 9.69 Å². The second-order valence-corrected chi connectivity index (χ2v) is 7.00. The molecular formula is C20H20N2O3. The summed E-state index contributed by atoms with van der Waals surface area (Å²) in [5, 5.41) is 2.84. The molecule has 0 saturated carbocycles. The third kappa shape index (κ3) is 2.56. The number of carbonyl (C=O) groups is 2. The topological polar surface area (TPSA) is 58.6 Å². The number of nitrogens with one attached hydrogen (secondary N) is 1. The molecule has 0 aromatic heterocycles. The predicted molar refractivity (Wildman–Crippen MR) is 94.7 cm³/mol. The van der Waals surface area contributed by atoms with Crippen LogP contribution in [0.3, 0.4) is 0 Å². The van der Waals surface area contributed by atoms with Crippen LogP contribution in [0.15, 0.2) is 48.5 Å². The lowest BCUT2D eigenvalue weighted by Gasteiger charge is -2.30. The monoisotopic (exact) mass is 336 g/mol. The Hall–Kier alpha value is -2.82. The van der Waals surface area contributed by atoms with Gasteiger partial charge in [0.25, 0.3) is 5.91 Å². The van der Waals surface area contributed by atoms with Crippen LogP contribution < -0.4 is 10.2 Å². The Bertz CT molecular complexity index is 845. The minimum Gasteiger partial charge on any atom is -0.441 e. The molecule has 2 heterocycles. The van der Waals surface area contributed by atoms with Gasteiger partial charge in [0.1, 0.15) is 11.6 Å². The molecule has 1 saturated heterocycles. The van der Waals surface area contributed by atoms with Gasteiger partial charge in [-0.25, -0.2) is 4.79 Å². The molecule has 128 valence electrons. The van der Waals surface area contributed by atoms with Crippen molar-refractivity contribution in [2.45, 2.75) is 31.9 Å². The number of rotatable bonds is 2. The minimum absolute atomic E-state index is 0.0586. The molecule has 2 amide bonds. The standard InChI is InChI=1S/C20H20N2O3/c1-20(2)17(13-6-4-3-5-7-13)22(19(24)25-20)15-8-9-16-14(12-15)10-11-21-18(16)23/h3-9,12,17H,10-11H2,1-2H3,(H,21,23). The molecule has 2 aliphatic heterocycles. The van der Waals surface area contributed by atoms with E-state index in [4.69, 9.17) is 4.74 Å². The highest BCUT2D eigenvalue weighted by Crippen LogP contribution is 2.44. The van der Waals surface area contributed by atoms with Crippen LogP contribution in [-0.4, -0.2) is 24.1 Å². The van der Waals surface area contributed by atoms with Gasteiger partial charge in [0.05, 0.1) is 0 Å². The Labute approximate surface area is 146 Å². The second-order valence-electron chi connectivity index (χ2n) is 7.00. The number of amides is 2. The van der Waals surface area contributed by atoms with Crippen molar-refractivity contribution in [1.82, 2.24) is 5.32 Å². The Morgan fingerprint density at radius 2 is 1.88 bits per heavy atom. The van der Waals surface area contributed by atoms with Crippen LogP contribution in [0.1, 0.15) is 41.4 Å². The highest BCUT2D eigenvalue weighted by atomic mass is 16.6. The summed E-state index contributed by atoms with van der Waals surface area (Å²) < 4.78 is 5.66. The first-order valence-electron chi connectivity index (χ1n) is 8.46. The molecule has 2 aromatic rings. The van der Waals surface area contributed by atoms with Crippen molar-refractivity contribution >= 4 is 17.7 Å². The third-order valence-electron chi connectivity index (χ3n) is 4.87. The lowest BCUT2D eigenvalue weighted by molar-refractivity contribution is 0.0685. The molecular weight excluding hydrogens is 316 g/mol. The largest absolute Gasteiger partial charge is 0.441 e. The molecule has 2 aromatic carbocycles. The number of nitrogens with zero attached hydrogens (tertiary/aromatic N) is 1. The molecule has 0 radical (unpaired) electrons. The van der Waals surface area contributed by atoms with E-state index in [2.05, 4.69) is 5.32 Å². The van der Waals surface area contributed by atoms with E-state index in [0.29, 0.717) is 12.1 Å². The first kappa shape index (κ1) is 15.7. The van der Waals surface area contributed by atoms with E-state index in [-0.39, 0.29) is 18.0 Å². The van der Waals surface area contributed by atoms with Crippen LogP contribution in [-0.2, 0) is 11.2 Å². The van der Waals surface area contributed by atoms with Crippen molar-refractivity contribution in [2.75, 3.05) is 11.4 Å². The summed E-state index contributed by atoms with van der Waals surface area (Å²) in [5.41, 5.74) is 2.78. The Balaban J connectivity index is 1.80. The summed E-state index contributed by atoms with van der Waals surface area (Å²) in [6, 6.07) is 15.2. The average molecular weight is 336 g/mol. The normalized spacial score (nSPS) is 21.5. The SMILES string of the molecule is CC1(C)OC(=O)N(c2ccc3c(c2)CCNC3=O)C1c1ccccc1. The number of fused-ring (bicyclic) bond motifs is 1. The van der Waals surface area contributed by atoms with Crippen molar-refractivity contribution in [3.8, 4) is 0 Å². The predicted octanol–water partition coefficient (Wildman–Crippen LogP) is 3.45. The van der Waals surface area contributed by atoms with Gasteiger partial charge >= 0.3 is 6.09 Å². The smallest absolute Gasteiger partial charge is 0.415 e. The van der Waals surface area contributed by atoms with Crippen molar-refractivity contribution < 1.29 is 14.3 Å². The zero-order chi connectivity index (χ0) is 17.6. The number of hydrogen-bond donors (Lipinski definition) is 1. The number of anilines is 1. The second kappa shape index (κ2) is 5.62. The summed E-state index contributed by atoms with van der Waals surface area (Å²) in [7, 11) is 0. The van der Waals surface area contributed by atoms with E-state index in [0.717, 1.165) is 23.2 Å². The molecule has 4 rings (SSSR count). The first-order chi connectivity index (χ1) is 12.0. The number of benzene rings is 2. The van der Waals surface area contributed by atoms with Gasteiger partial charge in [0.15, 0.2) is 0 Å². The maximum atomic E-state index is 12.6. The molecule has 2 aliphatic rings. The molecule has 5 nitrogen and oxygen atoms in total. The molecule has 5 heteroatoms.